The molecule has 3 heterocycles. The quantitative estimate of drug-likeness (QED) is 0.677. The van der Waals surface area contributed by atoms with Gasteiger partial charge in [-0.2, -0.15) is 0 Å². The van der Waals surface area contributed by atoms with Gasteiger partial charge in [0.15, 0.2) is 0 Å². The molecule has 1 fully saturated rings. The summed E-state index contributed by atoms with van der Waals surface area (Å²) in [5.41, 5.74) is 6.02. The first-order valence-corrected chi connectivity index (χ1v) is 10.5. The Morgan fingerprint density at radius 1 is 1.14 bits per heavy atom. The van der Waals surface area contributed by atoms with Crippen LogP contribution < -0.4 is 10.5 Å². The van der Waals surface area contributed by atoms with Crippen molar-refractivity contribution in [2.24, 2.45) is 0 Å². The molecule has 0 amide bonds. The molecule has 0 aliphatic carbocycles. The minimum absolute atomic E-state index is 0.0225. The van der Waals surface area contributed by atoms with Crippen LogP contribution in [0.5, 0.6) is 0 Å². The van der Waals surface area contributed by atoms with E-state index >= 15 is 0 Å². The number of aromatic nitrogens is 2. The molecular formula is C24H30N4O. The van der Waals surface area contributed by atoms with Gasteiger partial charge in [-0.3, -0.25) is 9.20 Å². The van der Waals surface area contributed by atoms with Gasteiger partial charge in [-0.25, -0.2) is 4.98 Å². The number of benzene rings is 1. The molecule has 1 saturated heterocycles. The van der Waals surface area contributed by atoms with Gasteiger partial charge in [-0.1, -0.05) is 18.2 Å². The summed E-state index contributed by atoms with van der Waals surface area (Å²) in [4.78, 5) is 22.3. The number of hydrogen-bond donors (Lipinski definition) is 0. The highest BCUT2D eigenvalue weighted by Crippen LogP contribution is 2.28. The van der Waals surface area contributed by atoms with Gasteiger partial charge < -0.3 is 9.80 Å². The Labute approximate surface area is 172 Å². The molecule has 1 aliphatic heterocycles. The van der Waals surface area contributed by atoms with Crippen molar-refractivity contribution >= 4 is 11.3 Å². The van der Waals surface area contributed by atoms with Crippen molar-refractivity contribution in [2.75, 3.05) is 38.6 Å². The Bertz CT molecular complexity index is 1080. The van der Waals surface area contributed by atoms with Crippen molar-refractivity contribution < 1.29 is 0 Å². The van der Waals surface area contributed by atoms with Gasteiger partial charge in [0.25, 0.3) is 5.56 Å². The lowest BCUT2D eigenvalue weighted by Gasteiger charge is -2.29. The Morgan fingerprint density at radius 2 is 1.90 bits per heavy atom. The largest absolute Gasteiger partial charge is 0.375 e. The number of rotatable bonds is 4. The van der Waals surface area contributed by atoms with E-state index in [2.05, 4.69) is 55.9 Å². The predicted octanol–water partition coefficient (Wildman–Crippen LogP) is 3.94. The molecule has 5 nitrogen and oxygen atoms in total. The van der Waals surface area contributed by atoms with Gasteiger partial charge in [0.1, 0.15) is 5.65 Å². The van der Waals surface area contributed by atoms with Crippen molar-refractivity contribution in [3.63, 3.8) is 0 Å². The highest BCUT2D eigenvalue weighted by Gasteiger charge is 2.19. The number of aryl methyl sites for hydroxylation is 1. The van der Waals surface area contributed by atoms with Crippen molar-refractivity contribution in [2.45, 2.75) is 32.6 Å². The van der Waals surface area contributed by atoms with E-state index in [0.29, 0.717) is 11.6 Å². The zero-order chi connectivity index (χ0) is 20.5. The van der Waals surface area contributed by atoms with Crippen molar-refractivity contribution in [1.82, 2.24) is 14.3 Å². The number of hydrogen-bond acceptors (Lipinski definition) is 4. The molecule has 0 atom stereocenters. The second-order valence-electron chi connectivity index (χ2n) is 8.26. The van der Waals surface area contributed by atoms with Crippen LogP contribution in [0.25, 0.3) is 16.9 Å². The van der Waals surface area contributed by atoms with Gasteiger partial charge >= 0.3 is 0 Å². The number of likely N-dealkylation sites (tertiary alicyclic amines) is 1. The highest BCUT2D eigenvalue weighted by molar-refractivity contribution is 5.69. The summed E-state index contributed by atoms with van der Waals surface area (Å²) in [6.45, 7) is 7.39. The molecule has 0 saturated carbocycles. The molecule has 3 aromatic rings. The number of fused-ring (bicyclic) bond motifs is 1. The van der Waals surface area contributed by atoms with Gasteiger partial charge in [0.2, 0.25) is 0 Å². The fourth-order valence-electron chi connectivity index (χ4n) is 4.20. The van der Waals surface area contributed by atoms with Crippen LogP contribution in [0.4, 0.5) is 5.69 Å². The van der Waals surface area contributed by atoms with E-state index in [0.717, 1.165) is 43.7 Å². The van der Waals surface area contributed by atoms with Crippen LogP contribution in [0.1, 0.15) is 36.8 Å². The minimum atomic E-state index is -0.0225. The molecule has 0 unspecified atom stereocenters. The van der Waals surface area contributed by atoms with E-state index in [1.165, 1.54) is 16.8 Å². The van der Waals surface area contributed by atoms with Crippen LogP contribution in [0.3, 0.4) is 0 Å². The summed E-state index contributed by atoms with van der Waals surface area (Å²) in [5, 5.41) is 0. The molecule has 152 valence electrons. The molecule has 1 aromatic carbocycles. The topological polar surface area (TPSA) is 40.9 Å². The Kier molecular flexibility index (Phi) is 5.41. The fourth-order valence-corrected chi connectivity index (χ4v) is 4.20. The Balaban J connectivity index is 1.71. The third kappa shape index (κ3) is 3.92. The molecule has 0 bridgehead atoms. The zero-order valence-electron chi connectivity index (χ0n) is 17.9. The summed E-state index contributed by atoms with van der Waals surface area (Å²) in [6, 6.07) is 12.1. The summed E-state index contributed by atoms with van der Waals surface area (Å²) < 4.78 is 1.70. The summed E-state index contributed by atoms with van der Waals surface area (Å²) in [7, 11) is 4.25. The molecule has 1 aliphatic rings. The minimum Gasteiger partial charge on any atom is -0.375 e. The standard InChI is InChI=1S/C24H30N4O/c1-5-27(4)22-14-19(7-6-17(22)2)21-15-24(29)28-16-20(8-9-23(28)25-21)18-10-12-26(3)13-11-18/h6-9,14-16,18H,5,10-13H2,1-4H3. The average Bonchev–Trinajstić information content (AvgIpc) is 2.74. The number of piperidine rings is 1. The summed E-state index contributed by atoms with van der Waals surface area (Å²) >= 11 is 0. The Hall–Kier alpha value is -2.66. The maximum absolute atomic E-state index is 12.9. The number of nitrogens with zero attached hydrogens (tertiary/aromatic N) is 4. The van der Waals surface area contributed by atoms with Crippen LogP contribution in [0.15, 0.2) is 47.4 Å². The maximum atomic E-state index is 12.9. The average molecular weight is 391 g/mol. The van der Waals surface area contributed by atoms with E-state index in [9.17, 15) is 4.79 Å². The molecule has 4 rings (SSSR count). The molecule has 2 aromatic heterocycles. The second-order valence-corrected chi connectivity index (χ2v) is 8.26. The van der Waals surface area contributed by atoms with E-state index in [1.807, 2.05) is 18.3 Å². The van der Waals surface area contributed by atoms with Crippen molar-refractivity contribution in [3.05, 3.63) is 64.1 Å². The van der Waals surface area contributed by atoms with E-state index in [4.69, 9.17) is 4.98 Å². The van der Waals surface area contributed by atoms with Gasteiger partial charge in [-0.05, 0) is 76.0 Å². The molecule has 0 radical (unpaired) electrons. The van der Waals surface area contributed by atoms with Crippen LogP contribution in [-0.2, 0) is 0 Å². The lowest BCUT2D eigenvalue weighted by atomic mass is 9.91. The third-order valence-corrected chi connectivity index (χ3v) is 6.26. The second kappa shape index (κ2) is 7.99. The van der Waals surface area contributed by atoms with Crippen molar-refractivity contribution in [3.8, 4) is 11.3 Å². The Morgan fingerprint density at radius 3 is 2.62 bits per heavy atom. The first-order chi connectivity index (χ1) is 14.0. The number of anilines is 1. The number of pyridine rings is 1. The third-order valence-electron chi connectivity index (χ3n) is 6.26. The van der Waals surface area contributed by atoms with Gasteiger partial charge in [0, 0.05) is 37.1 Å². The molecule has 29 heavy (non-hydrogen) atoms. The normalized spacial score (nSPS) is 15.7. The zero-order valence-corrected chi connectivity index (χ0v) is 17.9. The highest BCUT2D eigenvalue weighted by atomic mass is 16.1. The lowest BCUT2D eigenvalue weighted by molar-refractivity contribution is 0.255. The monoisotopic (exact) mass is 390 g/mol. The first kappa shape index (κ1) is 19.6. The van der Waals surface area contributed by atoms with Crippen LogP contribution in [0.2, 0.25) is 0 Å². The van der Waals surface area contributed by atoms with Crippen LogP contribution >= 0.6 is 0 Å². The van der Waals surface area contributed by atoms with Crippen LogP contribution in [-0.4, -0.2) is 48.0 Å². The van der Waals surface area contributed by atoms with E-state index in [1.54, 1.807) is 10.5 Å². The molecule has 0 N–H and O–H groups in total. The van der Waals surface area contributed by atoms with Crippen molar-refractivity contribution in [1.29, 1.82) is 0 Å². The predicted molar refractivity (Wildman–Crippen MR) is 120 cm³/mol. The lowest BCUT2D eigenvalue weighted by Crippen LogP contribution is -2.29. The van der Waals surface area contributed by atoms with E-state index in [-0.39, 0.29) is 5.56 Å². The van der Waals surface area contributed by atoms with Crippen LogP contribution in [0, 0.1) is 6.92 Å². The van der Waals surface area contributed by atoms with Gasteiger partial charge in [0.05, 0.1) is 5.69 Å². The first-order valence-electron chi connectivity index (χ1n) is 10.5. The summed E-state index contributed by atoms with van der Waals surface area (Å²) in [6.07, 6.45) is 4.27. The summed E-state index contributed by atoms with van der Waals surface area (Å²) in [5.74, 6) is 0.520. The smallest absolute Gasteiger partial charge is 0.258 e. The molecule has 0 spiro atoms. The molecule has 5 heteroatoms. The maximum Gasteiger partial charge on any atom is 0.258 e. The fraction of sp³-hybridized carbons (Fsp3) is 0.417. The van der Waals surface area contributed by atoms with Gasteiger partial charge in [-0.15, -0.1) is 0 Å². The van der Waals surface area contributed by atoms with E-state index < -0.39 is 0 Å². The SMILES string of the molecule is CCN(C)c1cc(-c2cc(=O)n3cc(C4CCN(C)CC4)ccc3n2)ccc1C. The molecular weight excluding hydrogens is 360 g/mol.